The normalized spacial score (nSPS) is 10.2. The van der Waals surface area contributed by atoms with Crippen molar-refractivity contribution in [3.63, 3.8) is 0 Å². The largest absolute Gasteiger partial charge is 0.468 e. The smallest absolute Gasteiger partial charge is 0.316 e. The van der Waals surface area contributed by atoms with Crippen LogP contribution >= 0.6 is 11.8 Å². The van der Waals surface area contributed by atoms with E-state index in [9.17, 15) is 4.79 Å². The topological polar surface area (TPSA) is 65.2 Å². The summed E-state index contributed by atoms with van der Waals surface area (Å²) in [5.41, 5.74) is 0.692. The summed E-state index contributed by atoms with van der Waals surface area (Å²) in [7, 11) is 1.35. The van der Waals surface area contributed by atoms with Gasteiger partial charge in [-0.1, -0.05) is 11.8 Å². The average Bonchev–Trinajstić information content (AvgIpc) is 2.90. The fourth-order valence-electron chi connectivity index (χ4n) is 1.15. The van der Waals surface area contributed by atoms with Crippen molar-refractivity contribution in [3.05, 3.63) is 30.7 Å². The zero-order valence-corrected chi connectivity index (χ0v) is 9.94. The zero-order valence-electron chi connectivity index (χ0n) is 9.12. The Hall–Kier alpha value is -1.82. The van der Waals surface area contributed by atoms with Crippen molar-refractivity contribution in [1.29, 1.82) is 0 Å². The first-order valence-electron chi connectivity index (χ1n) is 4.86. The van der Waals surface area contributed by atoms with Crippen LogP contribution in [0.15, 0.2) is 40.2 Å². The molecule has 0 aliphatic carbocycles. The van der Waals surface area contributed by atoms with Gasteiger partial charge in [-0.25, -0.2) is 9.97 Å². The van der Waals surface area contributed by atoms with Crippen LogP contribution in [0.4, 0.5) is 0 Å². The van der Waals surface area contributed by atoms with Gasteiger partial charge >= 0.3 is 5.97 Å². The molecule has 0 radical (unpaired) electrons. The number of hydrogen-bond donors (Lipinski definition) is 0. The van der Waals surface area contributed by atoms with Crippen LogP contribution in [0.3, 0.4) is 0 Å². The van der Waals surface area contributed by atoms with Crippen LogP contribution in [0, 0.1) is 0 Å². The summed E-state index contributed by atoms with van der Waals surface area (Å²) >= 11 is 1.23. The SMILES string of the molecule is COC(=O)CSc1nccc(-c2ccco2)n1. The highest BCUT2D eigenvalue weighted by Gasteiger charge is 2.07. The summed E-state index contributed by atoms with van der Waals surface area (Å²) in [6.45, 7) is 0. The highest BCUT2D eigenvalue weighted by Crippen LogP contribution is 2.20. The molecule has 0 aliphatic rings. The molecule has 0 spiro atoms. The Kier molecular flexibility index (Phi) is 3.77. The Morgan fingerprint density at radius 1 is 1.53 bits per heavy atom. The molecule has 17 heavy (non-hydrogen) atoms. The lowest BCUT2D eigenvalue weighted by atomic mass is 10.3. The van der Waals surface area contributed by atoms with Crippen molar-refractivity contribution in [3.8, 4) is 11.5 Å². The lowest BCUT2D eigenvalue weighted by Gasteiger charge is -2.00. The standard InChI is InChI=1S/C11H10N2O3S/c1-15-10(14)7-17-11-12-5-4-8(13-11)9-3-2-6-16-9/h2-6H,7H2,1H3. The molecule has 0 aliphatic heterocycles. The van der Waals surface area contributed by atoms with Gasteiger partial charge in [0.25, 0.3) is 0 Å². The maximum Gasteiger partial charge on any atom is 0.316 e. The molecule has 0 N–H and O–H groups in total. The van der Waals surface area contributed by atoms with Crippen LogP contribution < -0.4 is 0 Å². The van der Waals surface area contributed by atoms with E-state index in [0.717, 1.165) is 0 Å². The number of hydrogen-bond acceptors (Lipinski definition) is 6. The number of carbonyl (C=O) groups excluding carboxylic acids is 1. The molecule has 0 unspecified atom stereocenters. The lowest BCUT2D eigenvalue weighted by molar-refractivity contribution is -0.137. The molecule has 5 nitrogen and oxygen atoms in total. The molecule has 2 aromatic heterocycles. The molecule has 0 saturated heterocycles. The molecular weight excluding hydrogens is 240 g/mol. The summed E-state index contributed by atoms with van der Waals surface area (Å²) < 4.78 is 9.77. The maximum absolute atomic E-state index is 11.0. The molecule has 0 saturated carbocycles. The van der Waals surface area contributed by atoms with E-state index in [1.165, 1.54) is 18.9 Å². The van der Waals surface area contributed by atoms with Crippen LogP contribution in [0.5, 0.6) is 0 Å². The third-order valence-electron chi connectivity index (χ3n) is 1.95. The molecule has 88 valence electrons. The van der Waals surface area contributed by atoms with Crippen LogP contribution in [-0.2, 0) is 9.53 Å². The molecule has 0 bridgehead atoms. The van der Waals surface area contributed by atoms with Gasteiger partial charge in [0.15, 0.2) is 10.9 Å². The van der Waals surface area contributed by atoms with Crippen LogP contribution in [-0.4, -0.2) is 28.8 Å². The minimum atomic E-state index is -0.304. The summed E-state index contributed by atoms with van der Waals surface area (Å²) in [4.78, 5) is 19.3. The van der Waals surface area contributed by atoms with Crippen molar-refractivity contribution in [1.82, 2.24) is 9.97 Å². The third-order valence-corrected chi connectivity index (χ3v) is 2.79. The first-order chi connectivity index (χ1) is 8.29. The fraction of sp³-hybridized carbons (Fsp3) is 0.182. The molecule has 2 heterocycles. The number of carbonyl (C=O) groups is 1. The third kappa shape index (κ3) is 3.07. The Morgan fingerprint density at radius 3 is 3.12 bits per heavy atom. The molecule has 0 fully saturated rings. The Bertz CT molecular complexity index is 499. The second-order valence-electron chi connectivity index (χ2n) is 3.07. The van der Waals surface area contributed by atoms with E-state index in [-0.39, 0.29) is 11.7 Å². The summed E-state index contributed by atoms with van der Waals surface area (Å²) in [5, 5.41) is 0.518. The van der Waals surface area contributed by atoms with Crippen molar-refractivity contribution in [2.24, 2.45) is 0 Å². The monoisotopic (exact) mass is 250 g/mol. The summed E-state index contributed by atoms with van der Waals surface area (Å²) in [5.74, 6) is 0.562. The van der Waals surface area contributed by atoms with Gasteiger partial charge in [0.05, 0.1) is 19.1 Å². The van der Waals surface area contributed by atoms with Gasteiger partial charge in [-0.2, -0.15) is 0 Å². The molecule has 0 aromatic carbocycles. The highest BCUT2D eigenvalue weighted by molar-refractivity contribution is 7.99. The number of nitrogens with zero attached hydrogens (tertiary/aromatic N) is 2. The first kappa shape index (κ1) is 11.7. The zero-order chi connectivity index (χ0) is 12.1. The molecule has 2 aromatic rings. The minimum absolute atomic E-state index is 0.193. The predicted molar refractivity (Wildman–Crippen MR) is 62.5 cm³/mol. The van der Waals surface area contributed by atoms with E-state index in [1.807, 2.05) is 6.07 Å². The average molecular weight is 250 g/mol. The number of furan rings is 1. The van der Waals surface area contributed by atoms with E-state index in [2.05, 4.69) is 14.7 Å². The number of ether oxygens (including phenoxy) is 1. The highest BCUT2D eigenvalue weighted by atomic mass is 32.2. The van der Waals surface area contributed by atoms with E-state index >= 15 is 0 Å². The second-order valence-corrected chi connectivity index (χ2v) is 4.01. The van der Waals surface area contributed by atoms with Gasteiger partial charge in [-0.15, -0.1) is 0 Å². The number of thioether (sulfide) groups is 1. The number of methoxy groups -OCH3 is 1. The van der Waals surface area contributed by atoms with Crippen molar-refractivity contribution < 1.29 is 13.9 Å². The van der Waals surface area contributed by atoms with E-state index in [4.69, 9.17) is 4.42 Å². The van der Waals surface area contributed by atoms with Crippen LogP contribution in [0.1, 0.15) is 0 Å². The summed E-state index contributed by atoms with van der Waals surface area (Å²) in [6.07, 6.45) is 3.21. The molecule has 0 amide bonds. The number of rotatable bonds is 4. The molecular formula is C11H10N2O3S. The first-order valence-corrected chi connectivity index (χ1v) is 5.84. The predicted octanol–water partition coefficient (Wildman–Crippen LogP) is 2.00. The van der Waals surface area contributed by atoms with Gasteiger partial charge < -0.3 is 9.15 Å². The second kappa shape index (κ2) is 5.49. The van der Waals surface area contributed by atoms with E-state index < -0.39 is 0 Å². The van der Waals surface area contributed by atoms with Gasteiger partial charge in [0.1, 0.15) is 5.69 Å². The van der Waals surface area contributed by atoms with Gasteiger partial charge in [-0.05, 0) is 18.2 Å². The quantitative estimate of drug-likeness (QED) is 0.470. The van der Waals surface area contributed by atoms with Crippen molar-refractivity contribution in [2.45, 2.75) is 5.16 Å². The van der Waals surface area contributed by atoms with Crippen LogP contribution in [0.25, 0.3) is 11.5 Å². The fourth-order valence-corrected chi connectivity index (χ4v) is 1.82. The maximum atomic E-state index is 11.0. The molecule has 6 heteroatoms. The van der Waals surface area contributed by atoms with E-state index in [0.29, 0.717) is 16.6 Å². The van der Waals surface area contributed by atoms with E-state index in [1.54, 1.807) is 24.6 Å². The van der Waals surface area contributed by atoms with Gasteiger partial charge in [0, 0.05) is 6.20 Å². The minimum Gasteiger partial charge on any atom is -0.468 e. The van der Waals surface area contributed by atoms with Crippen LogP contribution in [0.2, 0.25) is 0 Å². The lowest BCUT2D eigenvalue weighted by Crippen LogP contribution is -2.03. The summed E-state index contributed by atoms with van der Waals surface area (Å²) in [6, 6.07) is 5.36. The number of esters is 1. The van der Waals surface area contributed by atoms with Gasteiger partial charge in [0.2, 0.25) is 0 Å². The molecule has 0 atom stereocenters. The Labute approximate surface area is 102 Å². The number of aromatic nitrogens is 2. The Balaban J connectivity index is 2.09. The van der Waals surface area contributed by atoms with Crippen molar-refractivity contribution >= 4 is 17.7 Å². The van der Waals surface area contributed by atoms with Crippen molar-refractivity contribution in [2.75, 3.05) is 12.9 Å². The van der Waals surface area contributed by atoms with Gasteiger partial charge in [-0.3, -0.25) is 4.79 Å². The Morgan fingerprint density at radius 2 is 2.41 bits per heavy atom. The molecule has 2 rings (SSSR count).